The lowest BCUT2D eigenvalue weighted by Crippen LogP contribution is -2.37. The van der Waals surface area contributed by atoms with Crippen LogP contribution in [-0.2, 0) is 11.3 Å². The van der Waals surface area contributed by atoms with E-state index in [2.05, 4.69) is 16.0 Å². The van der Waals surface area contributed by atoms with Crippen LogP contribution in [0.2, 0.25) is 0 Å². The van der Waals surface area contributed by atoms with Crippen LogP contribution in [0.4, 0.5) is 10.1 Å². The zero-order valence-corrected chi connectivity index (χ0v) is 24.8. The number of hydrogen-bond acceptors (Lipinski definition) is 4. The first-order valence-electron chi connectivity index (χ1n) is 14.0. The maximum Gasteiger partial charge on any atom is 0.275 e. The first kappa shape index (κ1) is 29.5. The van der Waals surface area contributed by atoms with Crippen molar-refractivity contribution < 1.29 is 14.0 Å². The number of aryl methyl sites for hydroxylation is 2. The summed E-state index contributed by atoms with van der Waals surface area (Å²) < 4.78 is 17.6. The molecule has 3 aromatic carbocycles. The van der Waals surface area contributed by atoms with Crippen molar-refractivity contribution >= 4 is 28.4 Å². The number of nitrogens with zero attached hydrogens (tertiary/aromatic N) is 2. The van der Waals surface area contributed by atoms with Crippen LogP contribution in [0, 0.1) is 19.7 Å². The molecule has 5 aromatic rings. The lowest BCUT2D eigenvalue weighted by atomic mass is 10.0. The Morgan fingerprint density at radius 2 is 1.72 bits per heavy atom. The number of halogens is 1. The number of benzene rings is 3. The topological polar surface area (TPSA) is 97.2 Å². The highest BCUT2D eigenvalue weighted by molar-refractivity contribution is 5.96. The van der Waals surface area contributed by atoms with Crippen molar-refractivity contribution in [2.45, 2.75) is 33.4 Å². The van der Waals surface area contributed by atoms with Gasteiger partial charge in [-0.1, -0.05) is 18.2 Å². The third-order valence-electron chi connectivity index (χ3n) is 7.76. The average molecular weight is 580 g/mol. The molecule has 0 aliphatic rings. The Kier molecular flexibility index (Phi) is 8.27. The maximum absolute atomic E-state index is 14.0. The van der Waals surface area contributed by atoms with Crippen LogP contribution in [0.3, 0.4) is 0 Å². The molecule has 0 aliphatic heterocycles. The van der Waals surface area contributed by atoms with Crippen LogP contribution < -0.4 is 21.5 Å². The smallest absolute Gasteiger partial charge is 0.275 e. The van der Waals surface area contributed by atoms with Crippen LogP contribution >= 0.6 is 0 Å². The van der Waals surface area contributed by atoms with Crippen LogP contribution in [-0.4, -0.2) is 41.1 Å². The van der Waals surface area contributed by atoms with Gasteiger partial charge in [-0.2, -0.15) is 0 Å². The molecule has 2 aromatic heterocycles. The van der Waals surface area contributed by atoms with Crippen molar-refractivity contribution in [1.29, 1.82) is 0 Å². The predicted octanol–water partition coefficient (Wildman–Crippen LogP) is 5.17. The zero-order valence-electron chi connectivity index (χ0n) is 24.8. The molecule has 5 rings (SSSR count). The summed E-state index contributed by atoms with van der Waals surface area (Å²) in [6.45, 7) is 5.77. The largest absolute Gasteiger partial charge is 0.355 e. The number of likely N-dealkylation sites (N-methyl/N-ethyl adjacent to an activating group) is 1. The monoisotopic (exact) mass is 579 g/mol. The van der Waals surface area contributed by atoms with Crippen LogP contribution in [0.1, 0.15) is 34.0 Å². The number of aromatic nitrogens is 2. The first-order chi connectivity index (χ1) is 20.6. The van der Waals surface area contributed by atoms with Crippen LogP contribution in [0.25, 0.3) is 27.8 Å². The summed E-state index contributed by atoms with van der Waals surface area (Å²) in [5.41, 5.74) is 6.00. The van der Waals surface area contributed by atoms with Crippen molar-refractivity contribution in [3.05, 3.63) is 117 Å². The molecule has 9 heteroatoms. The number of rotatable bonds is 8. The van der Waals surface area contributed by atoms with Gasteiger partial charge in [0.1, 0.15) is 11.5 Å². The highest BCUT2D eigenvalue weighted by Gasteiger charge is 2.18. The van der Waals surface area contributed by atoms with Gasteiger partial charge in [-0.25, -0.2) is 4.39 Å². The van der Waals surface area contributed by atoms with E-state index < -0.39 is 6.04 Å². The van der Waals surface area contributed by atoms with E-state index in [0.717, 1.165) is 38.8 Å². The van der Waals surface area contributed by atoms with Gasteiger partial charge in [-0.15, -0.1) is 0 Å². The third kappa shape index (κ3) is 5.85. The Morgan fingerprint density at radius 3 is 2.47 bits per heavy atom. The van der Waals surface area contributed by atoms with Gasteiger partial charge < -0.3 is 25.1 Å². The molecular weight excluding hydrogens is 545 g/mol. The summed E-state index contributed by atoms with van der Waals surface area (Å²) in [4.78, 5) is 39.1. The number of pyridine rings is 1. The minimum Gasteiger partial charge on any atom is -0.355 e. The number of nitrogens with one attached hydrogen (secondary N) is 3. The van der Waals surface area contributed by atoms with E-state index in [1.54, 1.807) is 55.9 Å². The Balaban J connectivity index is 1.63. The summed E-state index contributed by atoms with van der Waals surface area (Å²) in [5.74, 6) is -0.854. The minimum absolute atomic E-state index is 0.154. The van der Waals surface area contributed by atoms with Crippen molar-refractivity contribution in [2.24, 2.45) is 0 Å². The van der Waals surface area contributed by atoms with Gasteiger partial charge in [0.15, 0.2) is 0 Å². The molecule has 0 saturated heterocycles. The molecule has 0 fully saturated rings. The lowest BCUT2D eigenvalue weighted by Gasteiger charge is -2.19. The molecule has 1 atom stereocenters. The van der Waals surface area contributed by atoms with Gasteiger partial charge in [0.25, 0.3) is 11.5 Å². The molecule has 2 heterocycles. The second-order valence-corrected chi connectivity index (χ2v) is 10.6. The van der Waals surface area contributed by atoms with E-state index in [1.165, 1.54) is 12.1 Å². The average Bonchev–Trinajstić information content (AvgIpc) is 3.34. The van der Waals surface area contributed by atoms with Gasteiger partial charge in [0.05, 0.1) is 23.8 Å². The molecule has 0 spiro atoms. The fraction of sp³-hybridized carbons (Fsp3) is 0.206. The quantitative estimate of drug-likeness (QED) is 0.236. The zero-order chi connectivity index (χ0) is 30.8. The van der Waals surface area contributed by atoms with Crippen molar-refractivity contribution in [1.82, 2.24) is 19.8 Å². The van der Waals surface area contributed by atoms with Gasteiger partial charge >= 0.3 is 0 Å². The molecular formula is C34H34FN5O3. The third-order valence-corrected chi connectivity index (χ3v) is 7.76. The number of carbonyl (C=O) groups is 2. The minimum atomic E-state index is -0.496. The first-order valence-corrected chi connectivity index (χ1v) is 14.0. The van der Waals surface area contributed by atoms with Crippen LogP contribution in [0.15, 0.2) is 83.8 Å². The molecule has 0 radical (unpaired) electrons. The van der Waals surface area contributed by atoms with E-state index in [4.69, 9.17) is 0 Å². The predicted molar refractivity (Wildman–Crippen MR) is 168 cm³/mol. The molecule has 1 unspecified atom stereocenters. The highest BCUT2D eigenvalue weighted by Crippen LogP contribution is 2.28. The fourth-order valence-corrected chi connectivity index (χ4v) is 5.19. The number of carbonyl (C=O) groups excluding carboxylic acids is 2. The van der Waals surface area contributed by atoms with Gasteiger partial charge in [-0.05, 0) is 99.1 Å². The van der Waals surface area contributed by atoms with Crippen molar-refractivity contribution in [3.63, 3.8) is 0 Å². The van der Waals surface area contributed by atoms with E-state index >= 15 is 0 Å². The van der Waals surface area contributed by atoms with Crippen molar-refractivity contribution in [3.8, 4) is 16.9 Å². The Bertz CT molecular complexity index is 1920. The standard InChI is InChI=1S/C34H34FN5O3/c1-20-9-10-24(33(42)37-5)16-27(20)31-14-12-29(38-32(41)22(3)36-4)34(43)40(31)19-23-7-6-8-26(15-23)39-18-21(2)28-17-25(35)11-13-30(28)39/h6-18,22,36H,19H2,1-5H3,(H,37,42)(H,38,41). The molecule has 0 aliphatic carbocycles. The number of amides is 2. The Morgan fingerprint density at radius 1 is 0.930 bits per heavy atom. The Labute approximate surface area is 249 Å². The highest BCUT2D eigenvalue weighted by atomic mass is 19.1. The molecule has 2 amide bonds. The van der Waals surface area contributed by atoms with E-state index in [-0.39, 0.29) is 35.4 Å². The van der Waals surface area contributed by atoms with Gasteiger partial charge in [0.2, 0.25) is 5.91 Å². The fourth-order valence-electron chi connectivity index (χ4n) is 5.19. The van der Waals surface area contributed by atoms with E-state index in [0.29, 0.717) is 11.3 Å². The molecule has 8 nitrogen and oxygen atoms in total. The van der Waals surface area contributed by atoms with E-state index in [1.807, 2.05) is 54.9 Å². The summed E-state index contributed by atoms with van der Waals surface area (Å²) in [5, 5.41) is 9.11. The lowest BCUT2D eigenvalue weighted by molar-refractivity contribution is -0.117. The summed E-state index contributed by atoms with van der Waals surface area (Å²) in [7, 11) is 3.24. The van der Waals surface area contributed by atoms with E-state index in [9.17, 15) is 18.8 Å². The van der Waals surface area contributed by atoms with Crippen LogP contribution in [0.5, 0.6) is 0 Å². The second kappa shape index (κ2) is 12.1. The molecule has 220 valence electrons. The Hall–Kier alpha value is -5.02. The maximum atomic E-state index is 14.0. The van der Waals surface area contributed by atoms with Crippen molar-refractivity contribution in [2.75, 3.05) is 19.4 Å². The molecule has 0 saturated carbocycles. The molecule has 43 heavy (non-hydrogen) atoms. The number of anilines is 1. The summed E-state index contributed by atoms with van der Waals surface area (Å²) >= 11 is 0. The van der Waals surface area contributed by atoms with Gasteiger partial charge in [0, 0.05) is 35.4 Å². The normalized spacial score (nSPS) is 11.9. The molecule has 3 N–H and O–H groups in total. The summed E-state index contributed by atoms with van der Waals surface area (Å²) in [6.07, 6.45) is 1.97. The summed E-state index contributed by atoms with van der Waals surface area (Å²) in [6, 6.07) is 20.8. The number of hydrogen-bond donors (Lipinski definition) is 3. The molecule has 0 bridgehead atoms. The SMILES string of the molecule is CNC(=O)c1ccc(C)c(-c2ccc(NC(=O)C(C)NC)c(=O)n2Cc2cccc(-n3cc(C)c4cc(F)ccc43)c2)c1. The number of fused-ring (bicyclic) bond motifs is 1. The van der Waals surface area contributed by atoms with Gasteiger partial charge in [-0.3, -0.25) is 14.4 Å². The second-order valence-electron chi connectivity index (χ2n) is 10.6.